The molecule has 0 aliphatic heterocycles. The molecule has 1 saturated carbocycles. The molecular formula is C13H19F5N4O3S. The fourth-order valence-corrected chi connectivity index (χ4v) is 3.26. The van der Waals surface area contributed by atoms with Gasteiger partial charge in [-0.3, -0.25) is 0 Å². The topological polar surface area (TPSA) is 97.1 Å². The number of sulfonamides is 1. The first kappa shape index (κ1) is 20.8. The molecule has 1 aromatic rings. The zero-order chi connectivity index (χ0) is 19.6. The number of hydrogen-bond donors (Lipinski definition) is 2. The van der Waals surface area contributed by atoms with E-state index in [4.69, 9.17) is 0 Å². The lowest BCUT2D eigenvalue weighted by Gasteiger charge is -2.28. The molecule has 1 aliphatic rings. The Kier molecular flexibility index (Phi) is 6.10. The van der Waals surface area contributed by atoms with E-state index >= 15 is 0 Å². The monoisotopic (exact) mass is 406 g/mol. The van der Waals surface area contributed by atoms with Crippen LogP contribution in [0.25, 0.3) is 0 Å². The molecule has 1 heterocycles. The molecule has 1 aromatic heterocycles. The van der Waals surface area contributed by atoms with Gasteiger partial charge in [-0.1, -0.05) is 5.16 Å². The van der Waals surface area contributed by atoms with Crippen LogP contribution in [0.15, 0.2) is 4.52 Å². The van der Waals surface area contributed by atoms with Gasteiger partial charge >= 0.3 is 18.1 Å². The van der Waals surface area contributed by atoms with Crippen LogP contribution in [0.4, 0.5) is 28.0 Å². The van der Waals surface area contributed by atoms with Crippen LogP contribution < -0.4 is 10.0 Å². The van der Waals surface area contributed by atoms with E-state index < -0.39 is 34.0 Å². The van der Waals surface area contributed by atoms with Crippen LogP contribution in [-0.4, -0.2) is 43.1 Å². The molecule has 0 atom stereocenters. The minimum absolute atomic E-state index is 0.00798. The number of alkyl halides is 5. The first-order valence-corrected chi connectivity index (χ1v) is 9.62. The highest BCUT2D eigenvalue weighted by Gasteiger charge is 2.62. The third kappa shape index (κ3) is 5.02. The Morgan fingerprint density at radius 2 is 1.77 bits per heavy atom. The summed E-state index contributed by atoms with van der Waals surface area (Å²) in [4.78, 5) is 3.09. The lowest BCUT2D eigenvalue weighted by Crippen LogP contribution is -2.35. The summed E-state index contributed by atoms with van der Waals surface area (Å²) in [6.45, 7) is 1.84. The summed E-state index contributed by atoms with van der Waals surface area (Å²) < 4.78 is 92.8. The van der Waals surface area contributed by atoms with Gasteiger partial charge in [0.25, 0.3) is 5.82 Å². The van der Waals surface area contributed by atoms with E-state index in [2.05, 4.69) is 24.7 Å². The summed E-state index contributed by atoms with van der Waals surface area (Å²) >= 11 is 0. The van der Waals surface area contributed by atoms with Crippen LogP contribution in [0.2, 0.25) is 0 Å². The highest BCUT2D eigenvalue weighted by molar-refractivity contribution is 7.89. The van der Waals surface area contributed by atoms with Crippen LogP contribution in [0.5, 0.6) is 0 Å². The Hall–Kier alpha value is -1.50. The summed E-state index contributed by atoms with van der Waals surface area (Å²) in [5.41, 5.74) is 0. The van der Waals surface area contributed by atoms with E-state index in [-0.39, 0.29) is 17.7 Å². The summed E-state index contributed by atoms with van der Waals surface area (Å²) in [6, 6.07) is -0.735. The van der Waals surface area contributed by atoms with E-state index in [0.717, 1.165) is 0 Å². The SMILES string of the molecule is CCS(=O)(=O)NC[C@H]1CC[C@H](Nc2nc(C(F)(F)C(F)(F)F)no2)CC1. The lowest BCUT2D eigenvalue weighted by molar-refractivity contribution is -0.293. The van der Waals surface area contributed by atoms with E-state index in [0.29, 0.717) is 32.2 Å². The maximum absolute atomic E-state index is 13.1. The minimum atomic E-state index is -5.81. The van der Waals surface area contributed by atoms with Crippen molar-refractivity contribution >= 4 is 16.0 Å². The third-order valence-electron chi connectivity index (χ3n) is 4.21. The van der Waals surface area contributed by atoms with Gasteiger partial charge in [0, 0.05) is 12.6 Å². The summed E-state index contributed by atoms with van der Waals surface area (Å²) in [5.74, 6) is -6.81. The van der Waals surface area contributed by atoms with Gasteiger partial charge in [-0.05, 0) is 38.5 Å². The van der Waals surface area contributed by atoms with Crippen LogP contribution >= 0.6 is 0 Å². The molecule has 0 saturated heterocycles. The molecule has 26 heavy (non-hydrogen) atoms. The smallest absolute Gasteiger partial charge is 0.335 e. The van der Waals surface area contributed by atoms with Crippen molar-refractivity contribution in [3.8, 4) is 0 Å². The molecule has 2 rings (SSSR count). The van der Waals surface area contributed by atoms with E-state index in [1.54, 1.807) is 0 Å². The Balaban J connectivity index is 1.85. The number of hydrogen-bond acceptors (Lipinski definition) is 6. The third-order valence-corrected chi connectivity index (χ3v) is 5.58. The Labute approximate surface area is 146 Å². The molecule has 150 valence electrons. The van der Waals surface area contributed by atoms with Gasteiger partial charge in [-0.15, -0.1) is 0 Å². The van der Waals surface area contributed by atoms with Crippen molar-refractivity contribution in [1.82, 2.24) is 14.9 Å². The van der Waals surface area contributed by atoms with Gasteiger partial charge in [0.1, 0.15) is 0 Å². The first-order chi connectivity index (χ1) is 11.9. The van der Waals surface area contributed by atoms with Gasteiger partial charge in [0.2, 0.25) is 10.0 Å². The van der Waals surface area contributed by atoms with Gasteiger partial charge in [-0.2, -0.15) is 26.9 Å². The van der Waals surface area contributed by atoms with Crippen LogP contribution in [0.3, 0.4) is 0 Å². The van der Waals surface area contributed by atoms with Crippen molar-refractivity contribution in [2.45, 2.75) is 50.7 Å². The van der Waals surface area contributed by atoms with Crippen molar-refractivity contribution in [3.63, 3.8) is 0 Å². The predicted molar refractivity (Wildman–Crippen MR) is 81.1 cm³/mol. The molecule has 2 N–H and O–H groups in total. The molecule has 0 amide bonds. The van der Waals surface area contributed by atoms with Crippen LogP contribution in [0.1, 0.15) is 38.4 Å². The zero-order valence-electron chi connectivity index (χ0n) is 13.8. The van der Waals surface area contributed by atoms with Gasteiger partial charge in [-0.25, -0.2) is 13.1 Å². The number of nitrogens with zero attached hydrogens (tertiary/aromatic N) is 2. The first-order valence-electron chi connectivity index (χ1n) is 7.97. The second-order valence-electron chi connectivity index (χ2n) is 6.11. The molecular weight excluding hydrogens is 387 g/mol. The molecule has 0 radical (unpaired) electrons. The van der Waals surface area contributed by atoms with Gasteiger partial charge < -0.3 is 9.84 Å². The molecule has 0 spiro atoms. The second kappa shape index (κ2) is 7.62. The van der Waals surface area contributed by atoms with Crippen LogP contribution in [-0.2, 0) is 15.9 Å². The Morgan fingerprint density at radius 3 is 2.31 bits per heavy atom. The molecule has 0 unspecified atom stereocenters. The summed E-state index contributed by atoms with van der Waals surface area (Å²) in [6.07, 6.45) is -3.37. The number of nitrogens with one attached hydrogen (secondary N) is 2. The molecule has 0 bridgehead atoms. The second-order valence-corrected chi connectivity index (χ2v) is 8.20. The molecule has 1 fully saturated rings. The molecule has 7 nitrogen and oxygen atoms in total. The average Bonchev–Trinajstić information content (AvgIpc) is 3.02. The maximum Gasteiger partial charge on any atom is 0.461 e. The van der Waals surface area contributed by atoms with Crippen molar-refractivity contribution in [3.05, 3.63) is 5.82 Å². The fraction of sp³-hybridized carbons (Fsp3) is 0.846. The van der Waals surface area contributed by atoms with Crippen molar-refractivity contribution < 1.29 is 34.9 Å². The molecule has 1 aliphatic carbocycles. The Morgan fingerprint density at radius 1 is 1.15 bits per heavy atom. The van der Waals surface area contributed by atoms with E-state index in [1.807, 2.05) is 0 Å². The highest BCUT2D eigenvalue weighted by Crippen LogP contribution is 2.42. The quantitative estimate of drug-likeness (QED) is 0.676. The number of anilines is 1. The van der Waals surface area contributed by atoms with Crippen molar-refractivity contribution in [1.29, 1.82) is 0 Å². The van der Waals surface area contributed by atoms with E-state index in [1.165, 1.54) is 6.92 Å². The largest absolute Gasteiger partial charge is 0.461 e. The standard InChI is InChI=1S/C13H19F5N4O3S/c1-2-26(23,24)19-7-8-3-5-9(6-4-8)20-11-21-10(22-25-11)12(14,15)13(16,17)18/h8-9,19H,2-7H2,1H3,(H,20,21,22)/t8-,9-. The average molecular weight is 406 g/mol. The highest BCUT2D eigenvalue weighted by atomic mass is 32.2. The van der Waals surface area contributed by atoms with Crippen molar-refractivity contribution in [2.24, 2.45) is 5.92 Å². The lowest BCUT2D eigenvalue weighted by atomic mass is 9.86. The zero-order valence-corrected chi connectivity index (χ0v) is 14.6. The maximum atomic E-state index is 13.1. The minimum Gasteiger partial charge on any atom is -0.335 e. The Bertz CT molecular complexity index is 699. The van der Waals surface area contributed by atoms with Gasteiger partial charge in [0.15, 0.2) is 0 Å². The number of rotatable bonds is 7. The van der Waals surface area contributed by atoms with E-state index in [9.17, 15) is 30.4 Å². The summed E-state index contributed by atoms with van der Waals surface area (Å²) in [7, 11) is -3.27. The normalized spacial score (nSPS) is 22.4. The predicted octanol–water partition coefficient (Wildman–Crippen LogP) is 2.63. The molecule has 0 aromatic carbocycles. The number of aromatic nitrogens is 2. The van der Waals surface area contributed by atoms with Crippen LogP contribution in [0, 0.1) is 5.92 Å². The van der Waals surface area contributed by atoms with Crippen molar-refractivity contribution in [2.75, 3.05) is 17.6 Å². The van der Waals surface area contributed by atoms with Gasteiger partial charge in [0.05, 0.1) is 5.75 Å². The number of halogens is 5. The molecule has 13 heteroatoms. The summed E-state index contributed by atoms with van der Waals surface area (Å²) in [5, 5.41) is 5.35. The fourth-order valence-electron chi connectivity index (χ4n) is 2.57.